The van der Waals surface area contributed by atoms with Gasteiger partial charge in [0, 0.05) is 10.6 Å². The molecule has 1 nitrogen and oxygen atoms in total. The Balaban J connectivity index is 2.36. The molecule has 0 aliphatic heterocycles. The molecule has 0 aromatic heterocycles. The Hall–Kier alpha value is -0.700. The van der Waals surface area contributed by atoms with E-state index in [0.717, 1.165) is 21.3 Å². The Bertz CT molecular complexity index is 570. The van der Waals surface area contributed by atoms with Gasteiger partial charge in [-0.1, -0.05) is 23.7 Å². The van der Waals surface area contributed by atoms with E-state index >= 15 is 0 Å². The van der Waals surface area contributed by atoms with E-state index in [1.807, 2.05) is 31.2 Å². The summed E-state index contributed by atoms with van der Waals surface area (Å²) in [5.74, 6) is 1.81. The van der Waals surface area contributed by atoms with Gasteiger partial charge >= 0.3 is 0 Å². The number of halogens is 3. The Kier molecular flexibility index (Phi) is 4.55. The minimum absolute atomic E-state index is 0.385. The van der Waals surface area contributed by atoms with Crippen molar-refractivity contribution in [2.45, 2.75) is 12.8 Å². The van der Waals surface area contributed by atoms with Gasteiger partial charge in [-0.2, -0.15) is 0 Å². The highest BCUT2D eigenvalue weighted by Crippen LogP contribution is 2.34. The van der Waals surface area contributed by atoms with Crippen molar-refractivity contribution in [2.75, 3.05) is 0 Å². The first-order valence-electron chi connectivity index (χ1n) is 5.38. The standard InChI is InChI=1S/C14H11BrCl2O/c1-9-2-5-13(12(15)6-9)18-14-7-11(17)4-3-10(14)8-16/h2-7H,8H2,1H3. The van der Waals surface area contributed by atoms with Crippen molar-refractivity contribution in [3.63, 3.8) is 0 Å². The average Bonchev–Trinajstić information content (AvgIpc) is 2.33. The van der Waals surface area contributed by atoms with Gasteiger partial charge in [-0.3, -0.25) is 0 Å². The lowest BCUT2D eigenvalue weighted by Gasteiger charge is -2.11. The predicted octanol–water partition coefficient (Wildman–Crippen LogP) is 5.94. The van der Waals surface area contributed by atoms with E-state index in [-0.39, 0.29) is 0 Å². The van der Waals surface area contributed by atoms with Crippen molar-refractivity contribution >= 4 is 39.1 Å². The summed E-state index contributed by atoms with van der Waals surface area (Å²) in [5, 5.41) is 0.627. The van der Waals surface area contributed by atoms with E-state index in [4.69, 9.17) is 27.9 Å². The maximum atomic E-state index is 5.97. The van der Waals surface area contributed by atoms with Crippen LogP contribution in [0.4, 0.5) is 0 Å². The molecule has 0 saturated carbocycles. The fourth-order valence-corrected chi connectivity index (χ4v) is 2.50. The summed E-state index contributed by atoms with van der Waals surface area (Å²) in [4.78, 5) is 0. The summed E-state index contributed by atoms with van der Waals surface area (Å²) in [6.07, 6.45) is 0. The molecule has 0 fully saturated rings. The molecule has 0 heterocycles. The van der Waals surface area contributed by atoms with Crippen LogP contribution in [0.25, 0.3) is 0 Å². The molecule has 2 rings (SSSR count). The van der Waals surface area contributed by atoms with Gasteiger partial charge in [0.2, 0.25) is 0 Å². The van der Waals surface area contributed by atoms with Gasteiger partial charge in [0.25, 0.3) is 0 Å². The molecule has 0 aliphatic rings. The Morgan fingerprint density at radius 1 is 1.11 bits per heavy atom. The highest BCUT2D eigenvalue weighted by atomic mass is 79.9. The minimum atomic E-state index is 0.385. The molecule has 0 atom stereocenters. The SMILES string of the molecule is Cc1ccc(Oc2cc(Cl)ccc2CCl)c(Br)c1. The molecule has 4 heteroatoms. The maximum absolute atomic E-state index is 5.97. The van der Waals surface area contributed by atoms with Crippen LogP contribution in [0.15, 0.2) is 40.9 Å². The molecule has 0 bridgehead atoms. The third-order valence-corrected chi connectivity index (χ3v) is 3.62. The smallest absolute Gasteiger partial charge is 0.141 e. The van der Waals surface area contributed by atoms with E-state index in [1.165, 1.54) is 0 Å². The van der Waals surface area contributed by atoms with Crippen LogP contribution in [-0.4, -0.2) is 0 Å². The lowest BCUT2D eigenvalue weighted by Crippen LogP contribution is -1.91. The van der Waals surface area contributed by atoms with Crippen molar-refractivity contribution in [3.05, 3.63) is 57.0 Å². The van der Waals surface area contributed by atoms with Crippen LogP contribution in [0, 0.1) is 6.92 Å². The molecule has 2 aromatic carbocycles. The van der Waals surface area contributed by atoms with Gasteiger partial charge in [-0.25, -0.2) is 0 Å². The molecule has 0 amide bonds. The normalized spacial score (nSPS) is 10.4. The molecule has 0 radical (unpaired) electrons. The Morgan fingerprint density at radius 3 is 2.56 bits per heavy atom. The van der Waals surface area contributed by atoms with Crippen LogP contribution >= 0.6 is 39.1 Å². The predicted molar refractivity (Wildman–Crippen MR) is 80.0 cm³/mol. The number of rotatable bonds is 3. The molecule has 0 unspecified atom stereocenters. The zero-order valence-electron chi connectivity index (χ0n) is 9.71. The van der Waals surface area contributed by atoms with Crippen molar-refractivity contribution in [2.24, 2.45) is 0 Å². The van der Waals surface area contributed by atoms with Crippen molar-refractivity contribution in [1.29, 1.82) is 0 Å². The number of aryl methyl sites for hydroxylation is 1. The van der Waals surface area contributed by atoms with Crippen LogP contribution < -0.4 is 4.74 Å². The fourth-order valence-electron chi connectivity index (χ4n) is 1.54. The molecule has 0 saturated heterocycles. The van der Waals surface area contributed by atoms with Crippen LogP contribution in [0.2, 0.25) is 5.02 Å². The van der Waals surface area contributed by atoms with Crippen LogP contribution in [0.5, 0.6) is 11.5 Å². The summed E-state index contributed by atoms with van der Waals surface area (Å²) in [5.41, 5.74) is 2.08. The van der Waals surface area contributed by atoms with Crippen molar-refractivity contribution < 1.29 is 4.74 Å². The van der Waals surface area contributed by atoms with Crippen LogP contribution in [-0.2, 0) is 5.88 Å². The monoisotopic (exact) mass is 344 g/mol. The van der Waals surface area contributed by atoms with E-state index < -0.39 is 0 Å². The second-order valence-electron chi connectivity index (χ2n) is 3.92. The molecular formula is C14H11BrCl2O. The first-order valence-corrected chi connectivity index (χ1v) is 7.09. The van der Waals surface area contributed by atoms with Gasteiger partial charge in [0.15, 0.2) is 0 Å². The third kappa shape index (κ3) is 3.19. The number of hydrogen-bond acceptors (Lipinski definition) is 1. The second kappa shape index (κ2) is 5.96. The van der Waals surface area contributed by atoms with Gasteiger partial charge < -0.3 is 4.74 Å². The van der Waals surface area contributed by atoms with E-state index in [9.17, 15) is 0 Å². The van der Waals surface area contributed by atoms with E-state index in [2.05, 4.69) is 15.9 Å². The van der Waals surface area contributed by atoms with Crippen molar-refractivity contribution in [1.82, 2.24) is 0 Å². The van der Waals surface area contributed by atoms with Crippen molar-refractivity contribution in [3.8, 4) is 11.5 Å². The number of benzene rings is 2. The average molecular weight is 346 g/mol. The fraction of sp³-hybridized carbons (Fsp3) is 0.143. The summed E-state index contributed by atoms with van der Waals surface area (Å²) in [6.45, 7) is 2.03. The largest absolute Gasteiger partial charge is 0.456 e. The lowest BCUT2D eigenvalue weighted by molar-refractivity contribution is 0.475. The first-order chi connectivity index (χ1) is 8.60. The highest BCUT2D eigenvalue weighted by Gasteiger charge is 2.08. The summed E-state index contributed by atoms with van der Waals surface area (Å²) < 4.78 is 6.76. The Morgan fingerprint density at radius 2 is 1.89 bits per heavy atom. The maximum Gasteiger partial charge on any atom is 0.141 e. The highest BCUT2D eigenvalue weighted by molar-refractivity contribution is 9.10. The summed E-state index contributed by atoms with van der Waals surface area (Å²) in [7, 11) is 0. The lowest BCUT2D eigenvalue weighted by atomic mass is 10.2. The number of hydrogen-bond donors (Lipinski definition) is 0. The zero-order chi connectivity index (χ0) is 13.1. The molecule has 94 valence electrons. The number of alkyl halides is 1. The van der Waals surface area contributed by atoms with Gasteiger partial charge in [-0.05, 0) is 52.7 Å². The zero-order valence-corrected chi connectivity index (χ0v) is 12.8. The third-order valence-electron chi connectivity index (χ3n) is 2.48. The molecule has 18 heavy (non-hydrogen) atoms. The van der Waals surface area contributed by atoms with Crippen LogP contribution in [0.3, 0.4) is 0 Å². The minimum Gasteiger partial charge on any atom is -0.456 e. The molecular weight excluding hydrogens is 335 g/mol. The molecule has 0 aliphatic carbocycles. The molecule has 0 N–H and O–H groups in total. The molecule has 2 aromatic rings. The van der Waals surface area contributed by atoms with Gasteiger partial charge in [-0.15, -0.1) is 11.6 Å². The number of ether oxygens (including phenoxy) is 1. The summed E-state index contributed by atoms with van der Waals surface area (Å²) in [6, 6.07) is 11.3. The summed E-state index contributed by atoms with van der Waals surface area (Å²) >= 11 is 15.3. The van der Waals surface area contributed by atoms with Gasteiger partial charge in [0.1, 0.15) is 11.5 Å². The van der Waals surface area contributed by atoms with Crippen LogP contribution in [0.1, 0.15) is 11.1 Å². The van der Waals surface area contributed by atoms with Gasteiger partial charge in [0.05, 0.1) is 10.4 Å². The van der Waals surface area contributed by atoms with E-state index in [1.54, 1.807) is 12.1 Å². The Labute approximate surface area is 125 Å². The topological polar surface area (TPSA) is 9.23 Å². The first kappa shape index (κ1) is 13.7. The quantitative estimate of drug-likeness (QED) is 0.625. The van der Waals surface area contributed by atoms with E-state index in [0.29, 0.717) is 16.7 Å². The second-order valence-corrected chi connectivity index (χ2v) is 5.48. The molecule has 0 spiro atoms.